The van der Waals surface area contributed by atoms with E-state index in [1.54, 1.807) is 25.4 Å². The molecule has 1 saturated heterocycles. The molecule has 3 heterocycles. The highest BCUT2D eigenvalue weighted by Crippen LogP contribution is 2.47. The van der Waals surface area contributed by atoms with E-state index in [0.717, 1.165) is 16.9 Å². The van der Waals surface area contributed by atoms with Gasteiger partial charge in [-0.1, -0.05) is 17.7 Å². The first-order valence-corrected chi connectivity index (χ1v) is 10.1. The summed E-state index contributed by atoms with van der Waals surface area (Å²) in [5, 5.41) is 44.9. The van der Waals surface area contributed by atoms with Gasteiger partial charge in [-0.05, 0) is 41.8 Å². The summed E-state index contributed by atoms with van der Waals surface area (Å²) in [7, 11) is 1.79. The Balaban J connectivity index is 1.72. The summed E-state index contributed by atoms with van der Waals surface area (Å²) in [6.45, 7) is 1.55. The van der Waals surface area contributed by atoms with Crippen LogP contribution < -0.4 is 5.32 Å². The van der Waals surface area contributed by atoms with Crippen LogP contribution in [0.3, 0.4) is 0 Å². The van der Waals surface area contributed by atoms with Crippen molar-refractivity contribution in [3.63, 3.8) is 0 Å². The van der Waals surface area contributed by atoms with Gasteiger partial charge in [-0.2, -0.15) is 0 Å². The highest BCUT2D eigenvalue weighted by Gasteiger charge is 2.59. The molecule has 0 amide bonds. The third kappa shape index (κ3) is 3.48. The van der Waals surface area contributed by atoms with Gasteiger partial charge in [-0.15, -0.1) is 0 Å². The topological polar surface area (TPSA) is 124 Å². The molecular weight excluding hydrogens is 412 g/mol. The Bertz CT molecular complexity index is 924. The summed E-state index contributed by atoms with van der Waals surface area (Å²) in [4.78, 5) is 4.31. The Morgan fingerprint density at radius 1 is 1.27 bits per heavy atom. The van der Waals surface area contributed by atoms with Crippen LogP contribution in [0.4, 0.5) is 5.82 Å². The average Bonchev–Trinajstić information content (AvgIpc) is 3.08. The Labute approximate surface area is 179 Å². The van der Waals surface area contributed by atoms with Gasteiger partial charge in [0.2, 0.25) is 5.79 Å². The Hall–Kier alpha value is -1.78. The molecule has 0 aliphatic carbocycles. The smallest absolute Gasteiger partial charge is 0.225 e. The standard InChI is InChI=1S/C21H25ClN2O6/c1-10(25)19-17(26)18(27)20(28)21(30-19)14-6-12(15(22)7-13(14)9-29-21)5-11-3-4-16(23-2)24-8-11/h3-4,6-8,10,17-20,25-28H,5,9H2,1-2H3,(H,23,24)/t10-,17+,18+,19-,20-,21+/m1/s1. The number of ether oxygens (including phenoxy) is 2. The number of nitrogens with zero attached hydrogens (tertiary/aromatic N) is 1. The van der Waals surface area contributed by atoms with E-state index in [1.807, 2.05) is 12.1 Å². The Morgan fingerprint density at radius 3 is 2.67 bits per heavy atom. The molecule has 0 saturated carbocycles. The van der Waals surface area contributed by atoms with Crippen LogP contribution in [0, 0.1) is 0 Å². The highest BCUT2D eigenvalue weighted by atomic mass is 35.5. The number of benzene rings is 1. The summed E-state index contributed by atoms with van der Waals surface area (Å²) in [5.74, 6) is -0.954. The van der Waals surface area contributed by atoms with Gasteiger partial charge in [0.15, 0.2) is 0 Å². The zero-order chi connectivity index (χ0) is 21.6. The van der Waals surface area contributed by atoms with E-state index in [0.29, 0.717) is 22.6 Å². The van der Waals surface area contributed by atoms with Gasteiger partial charge >= 0.3 is 0 Å². The van der Waals surface area contributed by atoms with Gasteiger partial charge in [0.25, 0.3) is 0 Å². The highest BCUT2D eigenvalue weighted by molar-refractivity contribution is 6.31. The first kappa shape index (κ1) is 21.5. The van der Waals surface area contributed by atoms with Gasteiger partial charge in [-0.25, -0.2) is 4.98 Å². The van der Waals surface area contributed by atoms with Crippen LogP contribution in [0.15, 0.2) is 30.5 Å². The molecule has 0 bridgehead atoms. The molecule has 2 aliphatic rings. The van der Waals surface area contributed by atoms with Crippen LogP contribution in [-0.2, 0) is 28.3 Å². The minimum atomic E-state index is -1.71. The number of rotatable bonds is 4. The van der Waals surface area contributed by atoms with E-state index >= 15 is 0 Å². The third-order valence-electron chi connectivity index (χ3n) is 5.75. The molecule has 162 valence electrons. The van der Waals surface area contributed by atoms with Gasteiger partial charge < -0.3 is 35.2 Å². The van der Waals surface area contributed by atoms with Crippen molar-refractivity contribution in [1.82, 2.24) is 4.98 Å². The maximum Gasteiger partial charge on any atom is 0.225 e. The Morgan fingerprint density at radius 2 is 2.03 bits per heavy atom. The molecule has 5 N–H and O–H groups in total. The molecular formula is C21H25ClN2O6. The molecule has 8 nitrogen and oxygen atoms in total. The fourth-order valence-electron chi connectivity index (χ4n) is 4.07. The van der Waals surface area contributed by atoms with Crippen molar-refractivity contribution in [2.24, 2.45) is 0 Å². The fraction of sp³-hybridized carbons (Fsp3) is 0.476. The second-order valence-electron chi connectivity index (χ2n) is 7.78. The summed E-state index contributed by atoms with van der Waals surface area (Å²) in [6, 6.07) is 7.33. The summed E-state index contributed by atoms with van der Waals surface area (Å²) >= 11 is 6.49. The number of aromatic nitrogens is 1. The van der Waals surface area contributed by atoms with Crippen molar-refractivity contribution in [3.05, 3.63) is 57.7 Å². The van der Waals surface area contributed by atoms with Crippen molar-refractivity contribution >= 4 is 17.4 Å². The van der Waals surface area contributed by atoms with Gasteiger partial charge in [0, 0.05) is 30.3 Å². The van der Waals surface area contributed by atoms with Gasteiger partial charge in [-0.3, -0.25) is 0 Å². The van der Waals surface area contributed by atoms with Crippen LogP contribution in [0.5, 0.6) is 0 Å². The normalized spacial score (nSPS) is 31.6. The largest absolute Gasteiger partial charge is 0.391 e. The average molecular weight is 437 g/mol. The van der Waals surface area contributed by atoms with Crippen LogP contribution in [0.25, 0.3) is 0 Å². The predicted octanol–water partition coefficient (Wildman–Crippen LogP) is 0.913. The minimum absolute atomic E-state index is 0.111. The number of halogens is 1. The molecule has 1 spiro atoms. The fourth-order valence-corrected chi connectivity index (χ4v) is 4.32. The molecule has 0 radical (unpaired) electrons. The monoisotopic (exact) mass is 436 g/mol. The van der Waals surface area contributed by atoms with E-state index in [1.165, 1.54) is 6.92 Å². The van der Waals surface area contributed by atoms with Crippen molar-refractivity contribution in [2.45, 2.75) is 56.3 Å². The number of hydrogen-bond donors (Lipinski definition) is 5. The molecule has 2 aromatic rings. The van der Waals surface area contributed by atoms with Crippen LogP contribution in [0.2, 0.25) is 5.02 Å². The van der Waals surface area contributed by atoms with E-state index in [4.69, 9.17) is 21.1 Å². The van der Waals surface area contributed by atoms with E-state index < -0.39 is 36.3 Å². The second-order valence-corrected chi connectivity index (χ2v) is 8.19. The number of hydrogen-bond acceptors (Lipinski definition) is 8. The minimum Gasteiger partial charge on any atom is -0.391 e. The number of nitrogens with one attached hydrogen (secondary N) is 1. The predicted molar refractivity (Wildman–Crippen MR) is 109 cm³/mol. The molecule has 0 unspecified atom stereocenters. The molecule has 2 aliphatic heterocycles. The van der Waals surface area contributed by atoms with E-state index in [-0.39, 0.29) is 6.61 Å². The van der Waals surface area contributed by atoms with Crippen LogP contribution in [-0.4, -0.2) is 63.0 Å². The lowest BCUT2D eigenvalue weighted by Crippen LogP contribution is -2.64. The van der Waals surface area contributed by atoms with Gasteiger partial charge in [0.1, 0.15) is 30.2 Å². The van der Waals surface area contributed by atoms with Crippen LogP contribution in [0.1, 0.15) is 29.2 Å². The van der Waals surface area contributed by atoms with Crippen molar-refractivity contribution in [3.8, 4) is 0 Å². The second kappa shape index (κ2) is 8.05. The molecule has 1 aromatic heterocycles. The lowest BCUT2D eigenvalue weighted by Gasteiger charge is -2.47. The maximum absolute atomic E-state index is 10.8. The number of anilines is 1. The molecule has 1 aromatic carbocycles. The third-order valence-corrected chi connectivity index (χ3v) is 6.10. The lowest BCUT2D eigenvalue weighted by atomic mass is 9.85. The van der Waals surface area contributed by atoms with Crippen molar-refractivity contribution in [1.29, 1.82) is 0 Å². The van der Waals surface area contributed by atoms with Gasteiger partial charge in [0.05, 0.1) is 12.7 Å². The first-order valence-electron chi connectivity index (χ1n) is 9.75. The number of aliphatic hydroxyl groups excluding tert-OH is 4. The summed E-state index contributed by atoms with van der Waals surface area (Å²) in [5.41, 5.74) is 2.93. The summed E-state index contributed by atoms with van der Waals surface area (Å²) in [6.07, 6.45) is -4.54. The lowest BCUT2D eigenvalue weighted by molar-refractivity contribution is -0.374. The molecule has 30 heavy (non-hydrogen) atoms. The van der Waals surface area contributed by atoms with E-state index in [2.05, 4.69) is 10.3 Å². The molecule has 6 atom stereocenters. The number of pyridine rings is 1. The van der Waals surface area contributed by atoms with Crippen molar-refractivity contribution in [2.75, 3.05) is 12.4 Å². The zero-order valence-electron chi connectivity index (χ0n) is 16.6. The van der Waals surface area contributed by atoms with E-state index in [9.17, 15) is 20.4 Å². The zero-order valence-corrected chi connectivity index (χ0v) is 17.4. The van der Waals surface area contributed by atoms with Crippen molar-refractivity contribution < 1.29 is 29.9 Å². The summed E-state index contributed by atoms with van der Waals surface area (Å²) < 4.78 is 11.7. The van der Waals surface area contributed by atoms with Crippen LogP contribution >= 0.6 is 11.6 Å². The SMILES string of the molecule is CNc1ccc(Cc2cc3c(cc2Cl)CO[C@]32O[C@H]([C@@H](C)O)[C@@H](O)[C@H](O)[C@H]2O)cn1. The molecule has 1 fully saturated rings. The maximum atomic E-state index is 10.8. The first-order chi connectivity index (χ1) is 14.3. The quantitative estimate of drug-likeness (QED) is 0.479. The Kier molecular flexibility index (Phi) is 5.75. The number of aliphatic hydroxyl groups is 4. The molecule has 9 heteroatoms. The molecule has 4 rings (SSSR count). The number of fused-ring (bicyclic) bond motifs is 2.